The van der Waals surface area contributed by atoms with Crippen LogP contribution in [0.3, 0.4) is 0 Å². The third kappa shape index (κ3) is 3.46. The van der Waals surface area contributed by atoms with Crippen LogP contribution in [0.4, 0.5) is 13.2 Å². The van der Waals surface area contributed by atoms with Gasteiger partial charge in [0.25, 0.3) is 0 Å². The summed E-state index contributed by atoms with van der Waals surface area (Å²) < 4.78 is 37.8. The summed E-state index contributed by atoms with van der Waals surface area (Å²) in [7, 11) is 0. The Balaban J connectivity index is 3.30. The van der Waals surface area contributed by atoms with E-state index in [1.807, 2.05) is 0 Å². The average Bonchev–Trinajstić information content (AvgIpc) is 2.26. The minimum Gasteiger partial charge on any atom is -0.192 e. The number of hydrogen-bond acceptors (Lipinski definition) is 2. The summed E-state index contributed by atoms with van der Waals surface area (Å²) in [5, 5.41) is 17.0. The van der Waals surface area contributed by atoms with E-state index in [2.05, 4.69) is 0 Å². The van der Waals surface area contributed by atoms with Gasteiger partial charge in [0.1, 0.15) is 17.7 Å². The van der Waals surface area contributed by atoms with Crippen LogP contribution < -0.4 is 0 Å². The molecule has 17 heavy (non-hydrogen) atoms. The van der Waals surface area contributed by atoms with Crippen molar-refractivity contribution in [2.75, 3.05) is 0 Å². The molecule has 0 fully saturated rings. The maximum absolute atomic E-state index is 12.6. The van der Waals surface area contributed by atoms with Gasteiger partial charge in [-0.1, -0.05) is 6.07 Å². The molecule has 0 radical (unpaired) electrons. The molecule has 0 saturated heterocycles. The van der Waals surface area contributed by atoms with Crippen LogP contribution >= 0.6 is 22.6 Å². The molecule has 0 aromatic heterocycles. The van der Waals surface area contributed by atoms with Crippen molar-refractivity contribution in [2.45, 2.75) is 6.18 Å². The molecule has 86 valence electrons. The van der Waals surface area contributed by atoms with Gasteiger partial charge in [0.15, 0.2) is 0 Å². The highest BCUT2D eigenvalue weighted by Gasteiger charge is 2.32. The third-order valence-electron chi connectivity index (χ3n) is 1.85. The first kappa shape index (κ1) is 13.5. The van der Waals surface area contributed by atoms with Gasteiger partial charge in [0.2, 0.25) is 0 Å². The van der Waals surface area contributed by atoms with E-state index >= 15 is 0 Å². The maximum Gasteiger partial charge on any atom is 0.417 e. The smallest absolute Gasteiger partial charge is 0.192 e. The van der Waals surface area contributed by atoms with Crippen LogP contribution in [0.15, 0.2) is 23.8 Å². The van der Waals surface area contributed by atoms with Crippen LogP contribution in [0.2, 0.25) is 0 Å². The van der Waals surface area contributed by atoms with Gasteiger partial charge in [0.05, 0.1) is 5.56 Å². The van der Waals surface area contributed by atoms with E-state index in [9.17, 15) is 13.2 Å². The summed E-state index contributed by atoms with van der Waals surface area (Å²) >= 11 is 1.58. The lowest BCUT2D eigenvalue weighted by molar-refractivity contribution is -0.138. The van der Waals surface area contributed by atoms with Gasteiger partial charge in [-0.15, -0.1) is 0 Å². The highest BCUT2D eigenvalue weighted by Crippen LogP contribution is 2.33. The lowest BCUT2D eigenvalue weighted by Crippen LogP contribution is -2.07. The van der Waals surface area contributed by atoms with E-state index in [-0.39, 0.29) is 14.7 Å². The third-order valence-corrected chi connectivity index (χ3v) is 2.79. The number of allylic oxidation sites excluding steroid dienone is 1. The molecule has 0 saturated carbocycles. The molecule has 0 aliphatic carbocycles. The summed E-state index contributed by atoms with van der Waals surface area (Å²) in [5.41, 5.74) is -0.836. The van der Waals surface area contributed by atoms with E-state index in [4.69, 9.17) is 10.5 Å². The average molecular weight is 348 g/mol. The zero-order chi connectivity index (χ0) is 13.1. The fraction of sp³-hybridized carbons (Fsp3) is 0.0909. The minimum atomic E-state index is -4.44. The van der Waals surface area contributed by atoms with Gasteiger partial charge in [-0.3, -0.25) is 0 Å². The van der Waals surface area contributed by atoms with Crippen LogP contribution in [0.5, 0.6) is 0 Å². The summed E-state index contributed by atoms with van der Waals surface area (Å²) in [6.07, 6.45) is -3.33. The molecule has 1 aromatic carbocycles. The van der Waals surface area contributed by atoms with Gasteiger partial charge in [-0.05, 0) is 46.4 Å². The molecule has 0 atom stereocenters. The first-order chi connectivity index (χ1) is 7.88. The zero-order valence-electron chi connectivity index (χ0n) is 8.22. The van der Waals surface area contributed by atoms with Crippen LogP contribution in [0.25, 0.3) is 6.08 Å². The van der Waals surface area contributed by atoms with Crippen molar-refractivity contribution in [3.8, 4) is 12.1 Å². The van der Waals surface area contributed by atoms with E-state index < -0.39 is 11.7 Å². The van der Waals surface area contributed by atoms with Crippen molar-refractivity contribution >= 4 is 28.7 Å². The fourth-order valence-corrected chi connectivity index (χ4v) is 1.75. The minimum absolute atomic E-state index is 0.0720. The number of nitrogens with zero attached hydrogens (tertiary/aromatic N) is 2. The van der Waals surface area contributed by atoms with Crippen LogP contribution in [-0.4, -0.2) is 0 Å². The number of rotatable bonds is 1. The van der Waals surface area contributed by atoms with E-state index in [0.29, 0.717) is 0 Å². The summed E-state index contributed by atoms with van der Waals surface area (Å²) in [5.74, 6) is 0. The zero-order valence-corrected chi connectivity index (χ0v) is 10.4. The van der Waals surface area contributed by atoms with Crippen LogP contribution in [0, 0.1) is 26.2 Å². The molecule has 1 aromatic rings. The van der Waals surface area contributed by atoms with Crippen molar-refractivity contribution in [1.29, 1.82) is 10.5 Å². The molecule has 1 rings (SSSR count). The van der Waals surface area contributed by atoms with Gasteiger partial charge in [0, 0.05) is 3.57 Å². The number of hydrogen-bond donors (Lipinski definition) is 0. The molecule has 0 bridgehead atoms. The van der Waals surface area contributed by atoms with Crippen molar-refractivity contribution in [1.82, 2.24) is 0 Å². The quantitative estimate of drug-likeness (QED) is 0.573. The summed E-state index contributed by atoms with van der Waals surface area (Å²) in [4.78, 5) is 0. The van der Waals surface area contributed by atoms with Gasteiger partial charge < -0.3 is 0 Å². The van der Waals surface area contributed by atoms with Crippen molar-refractivity contribution in [2.24, 2.45) is 0 Å². The Morgan fingerprint density at radius 2 is 1.82 bits per heavy atom. The first-order valence-electron chi connectivity index (χ1n) is 4.27. The second kappa shape index (κ2) is 5.19. The Labute approximate surface area is 109 Å². The van der Waals surface area contributed by atoms with Crippen LogP contribution in [0.1, 0.15) is 11.1 Å². The predicted octanol–water partition coefficient (Wildman–Crippen LogP) is 3.74. The number of halogens is 4. The van der Waals surface area contributed by atoms with Gasteiger partial charge in [-0.2, -0.15) is 23.7 Å². The predicted molar refractivity (Wildman–Crippen MR) is 63.4 cm³/mol. The Hall–Kier alpha value is -1.54. The Morgan fingerprint density at radius 1 is 1.24 bits per heavy atom. The molecule has 0 aliphatic heterocycles. The molecule has 0 spiro atoms. The molecule has 0 N–H and O–H groups in total. The van der Waals surface area contributed by atoms with E-state index in [0.717, 1.165) is 12.1 Å². The second-order valence-electron chi connectivity index (χ2n) is 3.02. The molecule has 0 amide bonds. The Kier molecular flexibility index (Phi) is 4.13. The number of nitriles is 2. The van der Waals surface area contributed by atoms with E-state index in [1.165, 1.54) is 12.1 Å². The van der Waals surface area contributed by atoms with Crippen molar-refractivity contribution in [3.63, 3.8) is 0 Å². The Bertz CT molecular complexity index is 531. The Morgan fingerprint density at radius 3 is 2.29 bits per heavy atom. The summed E-state index contributed by atoms with van der Waals surface area (Å²) in [6.45, 7) is 0. The molecule has 0 unspecified atom stereocenters. The number of alkyl halides is 3. The first-order valence-corrected chi connectivity index (χ1v) is 5.35. The maximum atomic E-state index is 12.6. The molecule has 2 nitrogen and oxygen atoms in total. The number of benzene rings is 1. The molecular formula is C11H4F3IN2. The molecule has 6 heteroatoms. The van der Waals surface area contributed by atoms with Gasteiger partial charge in [-0.25, -0.2) is 0 Å². The highest BCUT2D eigenvalue weighted by atomic mass is 127. The molecule has 0 heterocycles. The lowest BCUT2D eigenvalue weighted by Gasteiger charge is -2.09. The highest BCUT2D eigenvalue weighted by molar-refractivity contribution is 14.1. The van der Waals surface area contributed by atoms with Crippen LogP contribution in [-0.2, 0) is 6.18 Å². The second-order valence-corrected chi connectivity index (χ2v) is 4.18. The SMILES string of the molecule is N#CC(C#N)=Cc1ccc(I)c(C(F)(F)F)c1. The fourth-order valence-electron chi connectivity index (χ4n) is 1.11. The van der Waals surface area contributed by atoms with Gasteiger partial charge >= 0.3 is 6.18 Å². The normalized spacial score (nSPS) is 10.2. The molecular weight excluding hydrogens is 344 g/mol. The van der Waals surface area contributed by atoms with Crippen molar-refractivity contribution in [3.05, 3.63) is 38.5 Å². The largest absolute Gasteiger partial charge is 0.417 e. The van der Waals surface area contributed by atoms with E-state index in [1.54, 1.807) is 34.7 Å². The monoisotopic (exact) mass is 348 g/mol. The standard InChI is InChI=1S/C11H4F3IN2/c12-11(13,14)9-4-7(1-2-10(9)15)3-8(5-16)6-17/h1-4H. The lowest BCUT2D eigenvalue weighted by atomic mass is 10.1. The topological polar surface area (TPSA) is 47.6 Å². The summed E-state index contributed by atoms with van der Waals surface area (Å²) in [6, 6.07) is 6.81. The van der Waals surface area contributed by atoms with Crippen molar-refractivity contribution < 1.29 is 13.2 Å². The molecule has 0 aliphatic rings.